The summed E-state index contributed by atoms with van der Waals surface area (Å²) in [6.45, 7) is 14.4. The summed E-state index contributed by atoms with van der Waals surface area (Å²) in [5.41, 5.74) is 0. The quantitative estimate of drug-likeness (QED) is 0.221. The van der Waals surface area contributed by atoms with Crippen molar-refractivity contribution in [2.75, 3.05) is 6.61 Å². The maximum absolute atomic E-state index is 6.23. The zero-order chi connectivity index (χ0) is 16.1. The fraction of sp³-hybridized carbons (Fsp3) is 1.00. The second-order valence-corrected chi connectivity index (χ2v) is 9.68. The molecule has 126 valence electrons. The van der Waals surface area contributed by atoms with E-state index in [9.17, 15) is 0 Å². The molecule has 0 bridgehead atoms. The van der Waals surface area contributed by atoms with E-state index in [1.807, 2.05) is 0 Å². The summed E-state index contributed by atoms with van der Waals surface area (Å²) in [6, 6.07) is 0. The molecule has 0 aromatic carbocycles. The lowest BCUT2D eigenvalue weighted by atomic mass is 10.1. The SMILES string of the molecule is CCCCCCCCOC(C)[O][Al]([CH2]C(C)C)[CH2]C(C)C. The van der Waals surface area contributed by atoms with E-state index in [1.165, 1.54) is 49.1 Å². The molecule has 1 atom stereocenters. The average molecular weight is 314 g/mol. The predicted molar refractivity (Wildman–Crippen MR) is 94.9 cm³/mol. The molecule has 0 radical (unpaired) electrons. The largest absolute Gasteiger partial charge is 0.478 e. The number of hydrogen-bond acceptors (Lipinski definition) is 2. The predicted octanol–water partition coefficient (Wildman–Crippen LogP) is 6.03. The molecule has 0 aliphatic heterocycles. The summed E-state index contributed by atoms with van der Waals surface area (Å²) >= 11 is -1.11. The molecule has 0 N–H and O–H groups in total. The van der Waals surface area contributed by atoms with Crippen molar-refractivity contribution < 1.29 is 8.53 Å². The van der Waals surface area contributed by atoms with E-state index in [0.29, 0.717) is 0 Å². The topological polar surface area (TPSA) is 18.5 Å². The van der Waals surface area contributed by atoms with Gasteiger partial charge in [-0.15, -0.1) is 0 Å². The summed E-state index contributed by atoms with van der Waals surface area (Å²) in [6.07, 6.45) is 7.89. The van der Waals surface area contributed by atoms with Gasteiger partial charge in [-0.25, -0.2) is 0 Å². The van der Waals surface area contributed by atoms with Crippen LogP contribution in [0.2, 0.25) is 10.6 Å². The first-order chi connectivity index (χ1) is 9.95. The lowest BCUT2D eigenvalue weighted by Gasteiger charge is -2.22. The van der Waals surface area contributed by atoms with E-state index >= 15 is 0 Å². The minimum absolute atomic E-state index is 0.00481. The Labute approximate surface area is 138 Å². The molecule has 21 heavy (non-hydrogen) atoms. The van der Waals surface area contributed by atoms with Crippen molar-refractivity contribution in [1.29, 1.82) is 0 Å². The van der Waals surface area contributed by atoms with Crippen molar-refractivity contribution in [2.24, 2.45) is 11.8 Å². The van der Waals surface area contributed by atoms with Gasteiger partial charge in [0, 0.05) is 6.61 Å². The first-order valence-electron chi connectivity index (χ1n) is 9.22. The van der Waals surface area contributed by atoms with Crippen LogP contribution in [-0.4, -0.2) is 27.4 Å². The zero-order valence-corrected chi connectivity index (χ0v) is 16.6. The summed E-state index contributed by atoms with van der Waals surface area (Å²) in [5.74, 6) is 1.48. The van der Waals surface area contributed by atoms with Crippen LogP contribution in [0.4, 0.5) is 0 Å². The maximum Gasteiger partial charge on any atom is 0.463 e. The Morgan fingerprint density at radius 1 is 0.762 bits per heavy atom. The summed E-state index contributed by atoms with van der Waals surface area (Å²) in [7, 11) is 0. The number of rotatable bonds is 14. The van der Waals surface area contributed by atoms with Crippen LogP contribution in [0.25, 0.3) is 0 Å². The highest BCUT2D eigenvalue weighted by Gasteiger charge is 2.25. The van der Waals surface area contributed by atoms with Gasteiger partial charge >= 0.3 is 14.5 Å². The highest BCUT2D eigenvalue weighted by molar-refractivity contribution is 6.51. The van der Waals surface area contributed by atoms with Crippen molar-refractivity contribution in [1.82, 2.24) is 0 Å². The fourth-order valence-corrected chi connectivity index (χ4v) is 5.84. The van der Waals surface area contributed by atoms with Gasteiger partial charge in [-0.1, -0.05) is 89.1 Å². The fourth-order valence-electron chi connectivity index (χ4n) is 2.70. The molecule has 0 heterocycles. The summed E-state index contributed by atoms with van der Waals surface area (Å²) < 4.78 is 12.1. The molecule has 2 nitrogen and oxygen atoms in total. The lowest BCUT2D eigenvalue weighted by Crippen LogP contribution is -2.28. The lowest BCUT2D eigenvalue weighted by molar-refractivity contribution is -0.0712. The Hall–Kier alpha value is 0.452. The van der Waals surface area contributed by atoms with E-state index in [-0.39, 0.29) is 6.29 Å². The Balaban J connectivity index is 3.74. The van der Waals surface area contributed by atoms with Crippen LogP contribution in [0, 0.1) is 11.8 Å². The van der Waals surface area contributed by atoms with Crippen LogP contribution in [0.1, 0.15) is 80.1 Å². The first kappa shape index (κ1) is 21.5. The molecule has 1 unspecified atom stereocenters. The molecule has 0 fully saturated rings. The maximum atomic E-state index is 6.23. The molecular weight excluding hydrogens is 275 g/mol. The van der Waals surface area contributed by atoms with E-state index in [0.717, 1.165) is 18.4 Å². The van der Waals surface area contributed by atoms with Crippen molar-refractivity contribution in [2.45, 2.75) is 96.9 Å². The Bertz CT molecular complexity index is 209. The molecule has 0 aromatic rings. The molecule has 0 saturated heterocycles. The molecule has 0 saturated carbocycles. The van der Waals surface area contributed by atoms with Gasteiger partial charge < -0.3 is 8.53 Å². The van der Waals surface area contributed by atoms with Crippen LogP contribution in [-0.2, 0) is 8.53 Å². The van der Waals surface area contributed by atoms with E-state index in [2.05, 4.69) is 41.5 Å². The standard InChI is InChI=1S/C10H21O2.2C4H9.Al/c1-3-4-5-6-7-8-9-12-10(2)11;2*1-4(2)3;/h10H,3-9H2,1-2H3;2*4H,1H2,2-3H3;/q-1;;;+1. The van der Waals surface area contributed by atoms with Gasteiger partial charge in [0.2, 0.25) is 0 Å². The number of ether oxygens (including phenoxy) is 1. The number of hydrogen-bond donors (Lipinski definition) is 0. The van der Waals surface area contributed by atoms with Gasteiger partial charge in [0.05, 0.1) is 0 Å². The highest BCUT2D eigenvalue weighted by Crippen LogP contribution is 2.17. The summed E-state index contributed by atoms with van der Waals surface area (Å²) in [5, 5.41) is 2.53. The second-order valence-electron chi connectivity index (χ2n) is 7.22. The minimum Gasteiger partial charge on any atom is -0.478 e. The van der Waals surface area contributed by atoms with E-state index in [1.54, 1.807) is 0 Å². The van der Waals surface area contributed by atoms with Crippen molar-refractivity contribution in [3.05, 3.63) is 0 Å². The molecule has 0 rings (SSSR count). The van der Waals surface area contributed by atoms with Gasteiger partial charge in [0.15, 0.2) is 0 Å². The van der Waals surface area contributed by atoms with Gasteiger partial charge in [-0.05, 0) is 13.3 Å². The van der Waals surface area contributed by atoms with Gasteiger partial charge in [0.1, 0.15) is 6.29 Å². The normalized spacial score (nSPS) is 13.1. The minimum atomic E-state index is -1.11. The third kappa shape index (κ3) is 15.1. The van der Waals surface area contributed by atoms with Gasteiger partial charge in [-0.2, -0.15) is 0 Å². The van der Waals surface area contributed by atoms with Crippen molar-refractivity contribution >= 4 is 14.5 Å². The van der Waals surface area contributed by atoms with Crippen molar-refractivity contribution in [3.8, 4) is 0 Å². The smallest absolute Gasteiger partial charge is 0.463 e. The van der Waals surface area contributed by atoms with Crippen LogP contribution in [0.5, 0.6) is 0 Å². The highest BCUT2D eigenvalue weighted by atomic mass is 27.2. The van der Waals surface area contributed by atoms with Crippen molar-refractivity contribution in [3.63, 3.8) is 0 Å². The van der Waals surface area contributed by atoms with Crippen LogP contribution in [0.15, 0.2) is 0 Å². The van der Waals surface area contributed by atoms with Crippen LogP contribution >= 0.6 is 0 Å². The monoisotopic (exact) mass is 314 g/mol. The van der Waals surface area contributed by atoms with Crippen LogP contribution in [0.3, 0.4) is 0 Å². The molecule has 0 aliphatic carbocycles. The molecular formula is C18H39AlO2. The van der Waals surface area contributed by atoms with E-state index in [4.69, 9.17) is 8.53 Å². The molecule has 0 amide bonds. The van der Waals surface area contributed by atoms with Gasteiger partial charge in [0.25, 0.3) is 0 Å². The Morgan fingerprint density at radius 3 is 1.81 bits per heavy atom. The number of unbranched alkanes of at least 4 members (excludes halogenated alkanes) is 5. The average Bonchev–Trinajstić information content (AvgIpc) is 2.36. The third-order valence-corrected chi connectivity index (χ3v) is 7.41. The van der Waals surface area contributed by atoms with Gasteiger partial charge in [-0.3, -0.25) is 0 Å². The zero-order valence-electron chi connectivity index (χ0n) is 15.5. The third-order valence-electron chi connectivity index (χ3n) is 3.70. The van der Waals surface area contributed by atoms with Crippen LogP contribution < -0.4 is 0 Å². The first-order valence-corrected chi connectivity index (χ1v) is 11.3. The van der Waals surface area contributed by atoms with E-state index < -0.39 is 14.5 Å². The molecule has 0 spiro atoms. The second kappa shape index (κ2) is 14.1. The Morgan fingerprint density at radius 2 is 1.29 bits per heavy atom. The summed E-state index contributed by atoms with van der Waals surface area (Å²) in [4.78, 5) is 0. The molecule has 0 aliphatic rings. The Kier molecular flexibility index (Phi) is 14.4. The molecule has 3 heteroatoms. The molecule has 0 aromatic heterocycles.